The Morgan fingerprint density at radius 2 is 2.00 bits per heavy atom. The minimum Gasteiger partial charge on any atom is -0.319 e. The Kier molecular flexibility index (Phi) is 3.80. The maximum atomic E-state index is 12.4. The van der Waals surface area contributed by atoms with Gasteiger partial charge in [0.25, 0.3) is 5.56 Å². The molecule has 108 valence electrons. The number of hydrogen-bond donors (Lipinski definition) is 0. The molecule has 20 heavy (non-hydrogen) atoms. The summed E-state index contributed by atoms with van der Waals surface area (Å²) in [6, 6.07) is 2.97. The number of aryl methyl sites for hydroxylation is 1. The number of sulfone groups is 1. The van der Waals surface area contributed by atoms with Crippen LogP contribution in [-0.4, -0.2) is 22.5 Å². The maximum absolute atomic E-state index is 12.4. The van der Waals surface area contributed by atoms with E-state index in [9.17, 15) is 13.2 Å². The highest BCUT2D eigenvalue weighted by atomic mass is 32.2. The summed E-state index contributed by atoms with van der Waals surface area (Å²) in [6.45, 7) is 3.78. The summed E-state index contributed by atoms with van der Waals surface area (Å²) in [5.74, 6) is -0.229. The lowest BCUT2D eigenvalue weighted by Gasteiger charge is -2.11. The van der Waals surface area contributed by atoms with E-state index >= 15 is 0 Å². The zero-order chi connectivity index (χ0) is 14.9. The van der Waals surface area contributed by atoms with E-state index in [0.717, 1.165) is 0 Å². The quantitative estimate of drug-likeness (QED) is 0.847. The zero-order valence-corrected chi connectivity index (χ0v) is 12.5. The van der Waals surface area contributed by atoms with Gasteiger partial charge in [0.1, 0.15) is 0 Å². The molecule has 0 atom stereocenters. The van der Waals surface area contributed by atoms with E-state index in [1.54, 1.807) is 30.1 Å². The highest BCUT2D eigenvalue weighted by molar-refractivity contribution is 7.90. The molecule has 2 rings (SSSR count). The van der Waals surface area contributed by atoms with E-state index in [1.165, 1.54) is 16.8 Å². The highest BCUT2D eigenvalue weighted by Crippen LogP contribution is 2.17. The van der Waals surface area contributed by atoms with Gasteiger partial charge in [-0.1, -0.05) is 0 Å². The van der Waals surface area contributed by atoms with Crippen molar-refractivity contribution in [3.8, 4) is 0 Å². The number of nitrogens with zero attached hydrogens (tertiary/aromatic N) is 3. The van der Waals surface area contributed by atoms with Gasteiger partial charge in [-0.2, -0.15) is 0 Å². The van der Waals surface area contributed by atoms with E-state index in [1.807, 2.05) is 13.8 Å². The van der Waals surface area contributed by atoms with Gasteiger partial charge in [0.2, 0.25) is 15.0 Å². The molecule has 2 heterocycles. The molecule has 0 saturated carbocycles. The lowest BCUT2D eigenvalue weighted by Crippen LogP contribution is -2.18. The van der Waals surface area contributed by atoms with Crippen molar-refractivity contribution in [1.29, 1.82) is 0 Å². The topological polar surface area (TPSA) is 74.0 Å². The van der Waals surface area contributed by atoms with Gasteiger partial charge in [-0.15, -0.1) is 0 Å². The third-order valence-corrected chi connectivity index (χ3v) is 4.58. The van der Waals surface area contributed by atoms with Crippen molar-refractivity contribution < 1.29 is 8.42 Å². The summed E-state index contributed by atoms with van der Waals surface area (Å²) in [5.41, 5.74) is 0.233. The Balaban J connectivity index is 2.38. The van der Waals surface area contributed by atoms with Crippen molar-refractivity contribution in [1.82, 2.24) is 14.1 Å². The highest BCUT2D eigenvalue weighted by Gasteiger charge is 2.22. The second kappa shape index (κ2) is 5.24. The normalized spacial score (nSPS) is 12.0. The Labute approximate surface area is 117 Å². The van der Waals surface area contributed by atoms with Crippen molar-refractivity contribution in [3.05, 3.63) is 46.6 Å². The van der Waals surface area contributed by atoms with Gasteiger partial charge in [-0.05, 0) is 25.5 Å². The summed E-state index contributed by atoms with van der Waals surface area (Å²) in [4.78, 5) is 15.5. The van der Waals surface area contributed by atoms with Crippen LogP contribution in [0, 0.1) is 0 Å². The number of pyridine rings is 1. The summed E-state index contributed by atoms with van der Waals surface area (Å²) in [5, 5.41) is 0.0353. The minimum absolute atomic E-state index is 0.00548. The average Bonchev–Trinajstić information content (AvgIpc) is 2.83. The standard InChI is InChI=1S/C13H17N3O3S/c1-10(2)16-7-5-14-13(16)20(18,19)9-11-4-6-15(3)12(17)8-11/h4-8,10H,9H2,1-3H3. The van der Waals surface area contributed by atoms with Crippen LogP contribution in [0.5, 0.6) is 0 Å². The molecule has 0 aromatic carbocycles. The second-order valence-corrected chi connectivity index (χ2v) is 6.84. The van der Waals surface area contributed by atoms with Gasteiger partial charge in [0.05, 0.1) is 5.75 Å². The third kappa shape index (κ3) is 2.82. The van der Waals surface area contributed by atoms with Crippen LogP contribution in [0.4, 0.5) is 0 Å². The Hall–Kier alpha value is -1.89. The molecular weight excluding hydrogens is 278 g/mol. The average molecular weight is 295 g/mol. The molecule has 2 aromatic rings. The Bertz CT molecular complexity index is 772. The number of imidazole rings is 1. The summed E-state index contributed by atoms with van der Waals surface area (Å²) in [6.07, 6.45) is 4.67. The van der Waals surface area contributed by atoms with Crippen LogP contribution < -0.4 is 5.56 Å². The molecule has 0 aliphatic rings. The molecule has 7 heteroatoms. The van der Waals surface area contributed by atoms with Gasteiger partial charge in [-0.3, -0.25) is 4.79 Å². The third-order valence-electron chi connectivity index (χ3n) is 2.99. The molecule has 0 unspecified atom stereocenters. The van der Waals surface area contributed by atoms with E-state index in [4.69, 9.17) is 0 Å². The lowest BCUT2D eigenvalue weighted by atomic mass is 10.3. The fourth-order valence-corrected chi connectivity index (χ4v) is 3.46. The number of rotatable bonds is 4. The molecule has 0 spiro atoms. The smallest absolute Gasteiger partial charge is 0.250 e. The van der Waals surface area contributed by atoms with E-state index in [-0.39, 0.29) is 22.5 Å². The van der Waals surface area contributed by atoms with Crippen LogP contribution in [0.25, 0.3) is 0 Å². The van der Waals surface area contributed by atoms with Gasteiger partial charge < -0.3 is 9.13 Å². The first-order valence-electron chi connectivity index (χ1n) is 6.22. The van der Waals surface area contributed by atoms with E-state index < -0.39 is 9.84 Å². The zero-order valence-electron chi connectivity index (χ0n) is 11.6. The largest absolute Gasteiger partial charge is 0.319 e. The SMILES string of the molecule is CC(C)n1ccnc1S(=O)(=O)Cc1ccn(C)c(=O)c1. The molecule has 0 N–H and O–H groups in total. The molecule has 0 saturated heterocycles. The summed E-state index contributed by atoms with van der Waals surface area (Å²) in [7, 11) is -1.95. The molecule has 0 bridgehead atoms. The van der Waals surface area contributed by atoms with Crippen molar-refractivity contribution >= 4 is 9.84 Å². The fraction of sp³-hybridized carbons (Fsp3) is 0.385. The molecule has 0 aliphatic carbocycles. The van der Waals surface area contributed by atoms with E-state index in [0.29, 0.717) is 5.56 Å². The molecule has 2 aromatic heterocycles. The number of hydrogen-bond acceptors (Lipinski definition) is 4. The first-order valence-corrected chi connectivity index (χ1v) is 7.87. The molecule has 0 radical (unpaired) electrons. The van der Waals surface area contributed by atoms with Crippen LogP contribution in [-0.2, 0) is 22.6 Å². The summed E-state index contributed by atoms with van der Waals surface area (Å²) >= 11 is 0. The molecule has 0 fully saturated rings. The second-order valence-electron chi connectivity index (χ2n) is 4.95. The lowest BCUT2D eigenvalue weighted by molar-refractivity contribution is 0.519. The predicted molar refractivity (Wildman–Crippen MR) is 75.2 cm³/mol. The predicted octanol–water partition coefficient (Wildman–Crippen LogP) is 1.14. The Morgan fingerprint density at radius 3 is 2.60 bits per heavy atom. The first-order chi connectivity index (χ1) is 9.31. The van der Waals surface area contributed by atoms with Crippen LogP contribution in [0.1, 0.15) is 25.5 Å². The molecule has 6 nitrogen and oxygen atoms in total. The molecule has 0 aliphatic heterocycles. The van der Waals surface area contributed by atoms with Crippen molar-refractivity contribution in [3.63, 3.8) is 0 Å². The van der Waals surface area contributed by atoms with Crippen molar-refractivity contribution in [2.75, 3.05) is 0 Å². The number of aromatic nitrogens is 3. The van der Waals surface area contributed by atoms with Crippen LogP contribution in [0.3, 0.4) is 0 Å². The monoisotopic (exact) mass is 295 g/mol. The van der Waals surface area contributed by atoms with Crippen molar-refractivity contribution in [2.24, 2.45) is 7.05 Å². The first kappa shape index (κ1) is 14.5. The van der Waals surface area contributed by atoms with Gasteiger partial charge in [-0.25, -0.2) is 13.4 Å². The van der Waals surface area contributed by atoms with Crippen LogP contribution in [0.2, 0.25) is 0 Å². The summed E-state index contributed by atoms with van der Waals surface area (Å²) < 4.78 is 27.8. The van der Waals surface area contributed by atoms with E-state index in [2.05, 4.69) is 4.98 Å². The van der Waals surface area contributed by atoms with Gasteiger partial charge in [0, 0.05) is 37.7 Å². The molecule has 0 amide bonds. The van der Waals surface area contributed by atoms with Gasteiger partial charge in [0.15, 0.2) is 0 Å². The van der Waals surface area contributed by atoms with Crippen LogP contribution in [0.15, 0.2) is 40.7 Å². The Morgan fingerprint density at radius 1 is 1.30 bits per heavy atom. The molecular formula is C13H17N3O3S. The van der Waals surface area contributed by atoms with Crippen molar-refractivity contribution in [2.45, 2.75) is 30.8 Å². The minimum atomic E-state index is -3.57. The van der Waals surface area contributed by atoms with Crippen LogP contribution >= 0.6 is 0 Å². The maximum Gasteiger partial charge on any atom is 0.250 e. The van der Waals surface area contributed by atoms with Gasteiger partial charge >= 0.3 is 0 Å². The fourth-order valence-electron chi connectivity index (χ4n) is 1.90.